The Bertz CT molecular complexity index is 575. The number of hydrogen-bond donors (Lipinski definition) is 2. The lowest BCUT2D eigenvalue weighted by atomic mass is 10.2. The molecule has 0 saturated carbocycles. The molecule has 0 saturated heterocycles. The number of methoxy groups -OCH3 is 1. The third kappa shape index (κ3) is 5.70. The minimum Gasteiger partial charge on any atom is -0.398 e. The summed E-state index contributed by atoms with van der Waals surface area (Å²) in [6, 6.07) is 6.75. The van der Waals surface area contributed by atoms with Gasteiger partial charge in [0, 0.05) is 26.4 Å². The molecule has 0 heterocycles. The van der Waals surface area contributed by atoms with E-state index in [1.165, 1.54) is 14.2 Å². The van der Waals surface area contributed by atoms with E-state index in [2.05, 4.69) is 5.32 Å². The van der Waals surface area contributed by atoms with E-state index in [0.717, 1.165) is 4.31 Å². The Balaban J connectivity index is 2.61. The van der Waals surface area contributed by atoms with Gasteiger partial charge in [0.2, 0.25) is 15.9 Å². The Hall–Kier alpha value is -1.64. The summed E-state index contributed by atoms with van der Waals surface area (Å²) in [6.45, 7) is 0.483. The molecule has 0 aromatic heterocycles. The molecule has 1 aromatic rings. The smallest absolute Gasteiger partial charge is 0.235 e. The number of nitrogen functional groups attached to an aromatic ring is 1. The van der Waals surface area contributed by atoms with Gasteiger partial charge in [0.15, 0.2) is 0 Å². The molecule has 0 unspecified atom stereocenters. The highest BCUT2D eigenvalue weighted by Gasteiger charge is 2.21. The molecule has 0 aliphatic heterocycles. The van der Waals surface area contributed by atoms with Crippen LogP contribution in [0.25, 0.3) is 0 Å². The van der Waals surface area contributed by atoms with E-state index in [-0.39, 0.29) is 18.2 Å². The van der Waals surface area contributed by atoms with Crippen LogP contribution in [0.1, 0.15) is 5.56 Å². The molecule has 3 N–H and O–H groups in total. The summed E-state index contributed by atoms with van der Waals surface area (Å²) >= 11 is 0. The van der Waals surface area contributed by atoms with Crippen LogP contribution in [0.3, 0.4) is 0 Å². The van der Waals surface area contributed by atoms with Gasteiger partial charge in [-0.15, -0.1) is 0 Å². The first-order chi connectivity index (χ1) is 9.86. The Morgan fingerprint density at radius 1 is 1.38 bits per heavy atom. The van der Waals surface area contributed by atoms with Crippen molar-refractivity contribution in [1.82, 2.24) is 9.62 Å². The molecule has 1 amide bonds. The summed E-state index contributed by atoms with van der Waals surface area (Å²) < 4.78 is 30.2. The highest BCUT2D eigenvalue weighted by molar-refractivity contribution is 7.88. The summed E-state index contributed by atoms with van der Waals surface area (Å²) in [5.74, 6) is -0.610. The zero-order valence-corrected chi connectivity index (χ0v) is 13.0. The van der Waals surface area contributed by atoms with Crippen LogP contribution >= 0.6 is 0 Å². The van der Waals surface area contributed by atoms with Crippen molar-refractivity contribution in [3.05, 3.63) is 29.8 Å². The van der Waals surface area contributed by atoms with Gasteiger partial charge < -0.3 is 15.8 Å². The fourth-order valence-corrected chi connectivity index (χ4v) is 2.81. The number of nitrogens with zero attached hydrogens (tertiary/aromatic N) is 1. The first kappa shape index (κ1) is 17.4. The lowest BCUT2D eigenvalue weighted by Crippen LogP contribution is -2.39. The second kappa shape index (κ2) is 7.96. The molecule has 0 fully saturated rings. The second-order valence-corrected chi connectivity index (χ2v) is 6.63. The van der Waals surface area contributed by atoms with Crippen LogP contribution in [-0.4, -0.2) is 52.5 Å². The first-order valence-electron chi connectivity index (χ1n) is 6.40. The maximum absolute atomic E-state index is 12.2. The maximum atomic E-state index is 12.2. The molecule has 21 heavy (non-hydrogen) atoms. The molecule has 0 aliphatic rings. The number of amides is 1. The predicted octanol–water partition coefficient (Wildman–Crippen LogP) is -0.207. The number of nitrogens with two attached hydrogens (primary N) is 1. The van der Waals surface area contributed by atoms with Gasteiger partial charge in [-0.2, -0.15) is 4.31 Å². The van der Waals surface area contributed by atoms with Gasteiger partial charge in [-0.3, -0.25) is 4.79 Å². The molecule has 0 bridgehead atoms. The Kier molecular flexibility index (Phi) is 6.60. The van der Waals surface area contributed by atoms with E-state index in [4.69, 9.17) is 10.5 Å². The standard InChI is InChI=1S/C13H21N3O4S/c1-16(9-13(17)15-7-8-20-2)21(18,19)10-11-5-3-4-6-12(11)14/h3-6H,7-10,14H2,1-2H3,(H,15,17). The average Bonchev–Trinajstić information content (AvgIpc) is 2.41. The molecule has 0 atom stereocenters. The second-order valence-electron chi connectivity index (χ2n) is 4.55. The van der Waals surface area contributed by atoms with E-state index >= 15 is 0 Å². The van der Waals surface area contributed by atoms with Crippen molar-refractivity contribution in [1.29, 1.82) is 0 Å². The molecule has 1 rings (SSSR count). The van der Waals surface area contributed by atoms with Crippen molar-refractivity contribution in [2.24, 2.45) is 0 Å². The number of rotatable bonds is 8. The number of nitrogens with one attached hydrogen (secondary N) is 1. The fourth-order valence-electron chi connectivity index (χ4n) is 1.62. The lowest BCUT2D eigenvalue weighted by molar-refractivity contribution is -0.121. The van der Waals surface area contributed by atoms with E-state index < -0.39 is 10.0 Å². The Morgan fingerprint density at radius 3 is 2.67 bits per heavy atom. The summed E-state index contributed by atoms with van der Waals surface area (Å²) in [5, 5.41) is 2.57. The van der Waals surface area contributed by atoms with Crippen molar-refractivity contribution in [3.8, 4) is 0 Å². The lowest BCUT2D eigenvalue weighted by Gasteiger charge is -2.17. The number of likely N-dealkylation sites (N-methyl/N-ethyl adjacent to an activating group) is 1. The zero-order chi connectivity index (χ0) is 15.9. The first-order valence-corrected chi connectivity index (χ1v) is 8.00. The van der Waals surface area contributed by atoms with Gasteiger partial charge in [-0.05, 0) is 11.6 Å². The van der Waals surface area contributed by atoms with Crippen molar-refractivity contribution in [2.45, 2.75) is 5.75 Å². The number of carbonyl (C=O) groups excluding carboxylic acids is 1. The zero-order valence-electron chi connectivity index (χ0n) is 12.2. The monoisotopic (exact) mass is 315 g/mol. The Morgan fingerprint density at radius 2 is 2.05 bits per heavy atom. The minimum absolute atomic E-state index is 0.235. The van der Waals surface area contributed by atoms with E-state index in [0.29, 0.717) is 24.4 Å². The molecule has 0 radical (unpaired) electrons. The van der Waals surface area contributed by atoms with Gasteiger partial charge in [-0.1, -0.05) is 18.2 Å². The highest BCUT2D eigenvalue weighted by atomic mass is 32.2. The number of para-hydroxylation sites is 1. The summed E-state index contributed by atoms with van der Waals surface area (Å²) in [4.78, 5) is 11.6. The van der Waals surface area contributed by atoms with Crippen molar-refractivity contribution >= 4 is 21.6 Å². The van der Waals surface area contributed by atoms with Crippen LogP contribution in [0.4, 0.5) is 5.69 Å². The summed E-state index contributed by atoms with van der Waals surface area (Å²) in [5.41, 5.74) is 6.67. The highest BCUT2D eigenvalue weighted by Crippen LogP contribution is 2.15. The number of anilines is 1. The van der Waals surface area contributed by atoms with Gasteiger partial charge >= 0.3 is 0 Å². The number of carbonyl (C=O) groups is 1. The van der Waals surface area contributed by atoms with Crippen LogP contribution < -0.4 is 11.1 Å². The summed E-state index contributed by atoms with van der Waals surface area (Å²) in [6.07, 6.45) is 0. The minimum atomic E-state index is -3.60. The largest absolute Gasteiger partial charge is 0.398 e. The number of hydrogen-bond acceptors (Lipinski definition) is 5. The van der Waals surface area contributed by atoms with Crippen LogP contribution in [0.5, 0.6) is 0 Å². The SMILES string of the molecule is COCCNC(=O)CN(C)S(=O)(=O)Cc1ccccc1N. The summed E-state index contributed by atoms with van der Waals surface area (Å²) in [7, 11) is -0.714. The van der Waals surface area contributed by atoms with Crippen molar-refractivity contribution < 1.29 is 17.9 Å². The third-order valence-electron chi connectivity index (χ3n) is 2.86. The Labute approximate surface area is 125 Å². The van der Waals surface area contributed by atoms with Crippen molar-refractivity contribution in [3.63, 3.8) is 0 Å². The van der Waals surface area contributed by atoms with Gasteiger partial charge in [0.1, 0.15) is 0 Å². The fraction of sp³-hybridized carbons (Fsp3) is 0.462. The van der Waals surface area contributed by atoms with Crippen molar-refractivity contribution in [2.75, 3.05) is 39.6 Å². The number of ether oxygens (including phenoxy) is 1. The van der Waals surface area contributed by atoms with Gasteiger partial charge in [0.25, 0.3) is 0 Å². The molecule has 8 heteroatoms. The molecule has 0 aliphatic carbocycles. The molecular formula is C13H21N3O4S. The average molecular weight is 315 g/mol. The number of sulfonamides is 1. The van der Waals surface area contributed by atoms with E-state index in [1.54, 1.807) is 24.3 Å². The molecular weight excluding hydrogens is 294 g/mol. The maximum Gasteiger partial charge on any atom is 0.235 e. The molecule has 1 aromatic carbocycles. The molecule has 0 spiro atoms. The predicted molar refractivity (Wildman–Crippen MR) is 81.0 cm³/mol. The van der Waals surface area contributed by atoms with Crippen LogP contribution in [-0.2, 0) is 25.3 Å². The van der Waals surface area contributed by atoms with Crippen LogP contribution in [0.2, 0.25) is 0 Å². The topological polar surface area (TPSA) is 102 Å². The van der Waals surface area contributed by atoms with Gasteiger partial charge in [0.05, 0.1) is 18.9 Å². The quantitative estimate of drug-likeness (QED) is 0.511. The normalized spacial score (nSPS) is 11.6. The number of benzene rings is 1. The molecule has 118 valence electrons. The van der Waals surface area contributed by atoms with Crippen LogP contribution in [0.15, 0.2) is 24.3 Å². The van der Waals surface area contributed by atoms with Gasteiger partial charge in [-0.25, -0.2) is 8.42 Å². The molecule has 7 nitrogen and oxygen atoms in total. The van der Waals surface area contributed by atoms with Crippen LogP contribution in [0, 0.1) is 0 Å². The van der Waals surface area contributed by atoms with E-state index in [9.17, 15) is 13.2 Å². The third-order valence-corrected chi connectivity index (χ3v) is 4.62. The van der Waals surface area contributed by atoms with E-state index in [1.807, 2.05) is 0 Å².